The van der Waals surface area contributed by atoms with Crippen molar-refractivity contribution < 1.29 is 9.59 Å². The number of hydrogen-bond donors (Lipinski definition) is 0. The van der Waals surface area contributed by atoms with Gasteiger partial charge in [-0.1, -0.05) is 107 Å². The molecule has 0 aliphatic heterocycles. The molecule has 0 spiro atoms. The van der Waals surface area contributed by atoms with Crippen molar-refractivity contribution in [2.45, 2.75) is 96.4 Å². The lowest BCUT2D eigenvalue weighted by atomic mass is 9.96. The van der Waals surface area contributed by atoms with Crippen LogP contribution in [-0.2, 0) is 0 Å². The third-order valence-corrected chi connectivity index (χ3v) is 2.64. The van der Waals surface area contributed by atoms with Crippen LogP contribution in [-0.4, -0.2) is 11.6 Å². The van der Waals surface area contributed by atoms with Crippen molar-refractivity contribution in [1.29, 1.82) is 0 Å². The molecule has 1 aromatic carbocycles. The van der Waals surface area contributed by atoms with Gasteiger partial charge in [0.25, 0.3) is 0 Å². The fraction of sp³-hybridized carbons (Fsp3) is 0.652. The van der Waals surface area contributed by atoms with Crippen molar-refractivity contribution in [2.24, 2.45) is 5.92 Å². The fourth-order valence-corrected chi connectivity index (χ4v) is 1.34. The Morgan fingerprint density at radius 1 is 0.720 bits per heavy atom. The molecule has 2 nitrogen and oxygen atoms in total. The minimum absolute atomic E-state index is 0.0255. The monoisotopic (exact) mass is 354 g/mol. The molecule has 0 aliphatic rings. The number of benzene rings is 1. The van der Waals surface area contributed by atoms with Crippen LogP contribution in [0.2, 0.25) is 0 Å². The van der Waals surface area contributed by atoms with Crippen LogP contribution in [0, 0.1) is 5.92 Å². The smallest absolute Gasteiger partial charge is 0.165 e. The summed E-state index contributed by atoms with van der Waals surface area (Å²) in [7, 11) is 0. The molecule has 0 bridgehead atoms. The average Bonchev–Trinajstić information content (AvgIpc) is 2.74. The molecule has 0 saturated heterocycles. The van der Waals surface area contributed by atoms with E-state index in [0.717, 1.165) is 6.42 Å². The molecule has 25 heavy (non-hydrogen) atoms. The van der Waals surface area contributed by atoms with Crippen LogP contribution in [0.25, 0.3) is 0 Å². The SMILES string of the molecule is CC.CC.CC.CC.CC.CCC(C)C(=O)c1ccc(C(C)=O)cc1. The number of rotatable bonds is 4. The van der Waals surface area contributed by atoms with E-state index in [1.54, 1.807) is 24.3 Å². The summed E-state index contributed by atoms with van der Waals surface area (Å²) in [5.41, 5.74) is 1.34. The molecule has 0 aromatic heterocycles. The zero-order valence-corrected chi connectivity index (χ0v) is 19.4. The van der Waals surface area contributed by atoms with E-state index in [1.807, 2.05) is 83.1 Å². The summed E-state index contributed by atoms with van der Waals surface area (Å²) in [5.74, 6) is 0.221. The van der Waals surface area contributed by atoms with E-state index >= 15 is 0 Å². The summed E-state index contributed by atoms with van der Waals surface area (Å²) in [6.07, 6.45) is 0.841. The molecule has 1 atom stereocenters. The minimum Gasteiger partial charge on any atom is -0.295 e. The highest BCUT2D eigenvalue weighted by atomic mass is 16.1. The van der Waals surface area contributed by atoms with Crippen LogP contribution < -0.4 is 0 Å². The first kappa shape index (κ1) is 34.8. The first-order chi connectivity index (χ1) is 12.1. The van der Waals surface area contributed by atoms with E-state index in [0.29, 0.717) is 11.1 Å². The lowest BCUT2D eigenvalue weighted by Gasteiger charge is -2.07. The zero-order chi connectivity index (χ0) is 21.4. The Labute approximate surface area is 159 Å². The Hall–Kier alpha value is -1.44. The number of hydrogen-bond acceptors (Lipinski definition) is 2. The first-order valence-corrected chi connectivity index (χ1v) is 10.2. The molecule has 0 saturated carbocycles. The highest BCUT2D eigenvalue weighted by Crippen LogP contribution is 2.13. The van der Waals surface area contributed by atoms with E-state index in [1.165, 1.54) is 6.92 Å². The predicted molar refractivity (Wildman–Crippen MR) is 117 cm³/mol. The van der Waals surface area contributed by atoms with Crippen LogP contribution in [0.1, 0.15) is 117 Å². The van der Waals surface area contributed by atoms with Crippen molar-refractivity contribution >= 4 is 11.6 Å². The molecule has 1 unspecified atom stereocenters. The molecule has 0 heterocycles. The lowest BCUT2D eigenvalue weighted by molar-refractivity contribution is 0.0926. The molecular formula is C23H46O2. The van der Waals surface area contributed by atoms with Gasteiger partial charge in [-0.15, -0.1) is 0 Å². The summed E-state index contributed by atoms with van der Waals surface area (Å²) < 4.78 is 0. The lowest BCUT2D eigenvalue weighted by Crippen LogP contribution is -2.10. The fourth-order valence-electron chi connectivity index (χ4n) is 1.34. The molecule has 0 fully saturated rings. The van der Waals surface area contributed by atoms with Gasteiger partial charge in [-0.25, -0.2) is 0 Å². The van der Waals surface area contributed by atoms with Crippen molar-refractivity contribution in [3.63, 3.8) is 0 Å². The molecule has 0 aliphatic carbocycles. The summed E-state index contributed by atoms with van der Waals surface area (Å²) in [5, 5.41) is 0. The molecule has 150 valence electrons. The van der Waals surface area contributed by atoms with Gasteiger partial charge in [-0.05, 0) is 13.3 Å². The van der Waals surface area contributed by atoms with E-state index in [9.17, 15) is 9.59 Å². The largest absolute Gasteiger partial charge is 0.295 e. The standard InChI is InChI=1S/C13H16O2.5C2H6/c1-4-9(2)13(15)12-7-5-11(6-8-12)10(3)14;5*1-2/h5-9H,4H2,1-3H3;5*1-2H3. The first-order valence-electron chi connectivity index (χ1n) is 10.2. The zero-order valence-electron chi connectivity index (χ0n) is 19.4. The van der Waals surface area contributed by atoms with Gasteiger partial charge in [0.1, 0.15) is 0 Å². The Kier molecular flexibility index (Phi) is 42.4. The molecule has 0 amide bonds. The van der Waals surface area contributed by atoms with Gasteiger partial charge in [0.15, 0.2) is 11.6 Å². The van der Waals surface area contributed by atoms with Crippen molar-refractivity contribution in [1.82, 2.24) is 0 Å². The third-order valence-electron chi connectivity index (χ3n) is 2.64. The third kappa shape index (κ3) is 18.7. The van der Waals surface area contributed by atoms with E-state index in [4.69, 9.17) is 0 Å². The number of carbonyl (C=O) groups is 2. The Morgan fingerprint density at radius 3 is 1.24 bits per heavy atom. The highest BCUT2D eigenvalue weighted by molar-refractivity contribution is 5.99. The van der Waals surface area contributed by atoms with Crippen LogP contribution in [0.3, 0.4) is 0 Å². The number of carbonyl (C=O) groups excluding carboxylic acids is 2. The molecule has 0 N–H and O–H groups in total. The molecule has 1 aromatic rings. The summed E-state index contributed by atoms with van der Waals surface area (Å²) in [4.78, 5) is 22.8. The predicted octanol–water partition coefficient (Wildman–Crippen LogP) is 8.25. The molecule has 2 heteroatoms. The number of Topliss-reactive ketones (excluding diaryl/α,β-unsaturated/α-hetero) is 2. The van der Waals surface area contributed by atoms with Crippen LogP contribution >= 0.6 is 0 Å². The Balaban J connectivity index is -0.000000114. The minimum atomic E-state index is 0.0255. The normalized spacial score (nSPS) is 8.52. The summed E-state index contributed by atoms with van der Waals surface area (Å²) >= 11 is 0. The van der Waals surface area contributed by atoms with E-state index in [2.05, 4.69) is 0 Å². The van der Waals surface area contributed by atoms with E-state index < -0.39 is 0 Å². The van der Waals surface area contributed by atoms with Gasteiger partial charge in [-0.2, -0.15) is 0 Å². The second-order valence-electron chi connectivity index (χ2n) is 3.81. The molecule has 1 rings (SSSR count). The summed E-state index contributed by atoms with van der Waals surface area (Å²) in [6, 6.07) is 6.87. The van der Waals surface area contributed by atoms with Crippen molar-refractivity contribution in [3.05, 3.63) is 35.4 Å². The molecular weight excluding hydrogens is 308 g/mol. The van der Waals surface area contributed by atoms with Crippen LogP contribution in [0.15, 0.2) is 24.3 Å². The van der Waals surface area contributed by atoms with Gasteiger partial charge >= 0.3 is 0 Å². The highest BCUT2D eigenvalue weighted by Gasteiger charge is 2.12. The second-order valence-corrected chi connectivity index (χ2v) is 3.81. The maximum atomic E-state index is 11.8. The van der Waals surface area contributed by atoms with Gasteiger partial charge in [0, 0.05) is 17.0 Å². The average molecular weight is 355 g/mol. The van der Waals surface area contributed by atoms with Gasteiger partial charge < -0.3 is 0 Å². The van der Waals surface area contributed by atoms with Gasteiger partial charge in [0.2, 0.25) is 0 Å². The van der Waals surface area contributed by atoms with Gasteiger partial charge in [-0.3, -0.25) is 9.59 Å². The van der Waals surface area contributed by atoms with Crippen LogP contribution in [0.4, 0.5) is 0 Å². The number of ketones is 2. The van der Waals surface area contributed by atoms with Crippen LogP contribution in [0.5, 0.6) is 0 Å². The topological polar surface area (TPSA) is 34.1 Å². The van der Waals surface area contributed by atoms with Gasteiger partial charge in [0.05, 0.1) is 0 Å². The van der Waals surface area contributed by atoms with Crippen molar-refractivity contribution in [3.8, 4) is 0 Å². The summed E-state index contributed by atoms with van der Waals surface area (Å²) in [6.45, 7) is 25.4. The quantitative estimate of drug-likeness (QED) is 0.510. The van der Waals surface area contributed by atoms with Crippen molar-refractivity contribution in [2.75, 3.05) is 0 Å². The maximum Gasteiger partial charge on any atom is 0.165 e. The molecule has 0 radical (unpaired) electrons. The second kappa shape index (κ2) is 30.4. The maximum absolute atomic E-state index is 11.8. The Morgan fingerprint density at radius 2 is 1.00 bits per heavy atom. The van der Waals surface area contributed by atoms with E-state index in [-0.39, 0.29) is 17.5 Å². The Bertz CT molecular complexity index is 364.